The molecule has 0 aliphatic carbocycles. The SMILES string of the molecule is CO[Si](CCCN(C(CC(=O)O[Si](C)(C)C)C(=O)O[Si](C)(C)C)[Si](C)(C)C)(OC)OC. The Labute approximate surface area is 193 Å². The molecule has 0 aromatic heterocycles. The second kappa shape index (κ2) is 12.2. The molecule has 0 bridgehead atoms. The van der Waals surface area contributed by atoms with E-state index in [1.54, 1.807) is 21.3 Å². The quantitative estimate of drug-likeness (QED) is 0.325. The van der Waals surface area contributed by atoms with E-state index in [9.17, 15) is 9.59 Å². The lowest BCUT2D eigenvalue weighted by atomic mass is 10.2. The van der Waals surface area contributed by atoms with E-state index >= 15 is 0 Å². The summed E-state index contributed by atoms with van der Waals surface area (Å²) in [6.07, 6.45) is 0.713. The van der Waals surface area contributed by atoms with Crippen molar-refractivity contribution in [3.8, 4) is 0 Å². The van der Waals surface area contributed by atoms with E-state index in [-0.39, 0.29) is 18.4 Å². The van der Waals surface area contributed by atoms with Crippen LogP contribution in [0, 0.1) is 0 Å². The molecule has 0 saturated carbocycles. The Morgan fingerprint density at radius 1 is 0.774 bits per heavy atom. The molecule has 0 radical (unpaired) electrons. The van der Waals surface area contributed by atoms with Crippen LogP contribution in [-0.4, -0.2) is 84.1 Å². The van der Waals surface area contributed by atoms with Crippen molar-refractivity contribution in [2.45, 2.75) is 83.9 Å². The van der Waals surface area contributed by atoms with Crippen molar-refractivity contribution in [3.05, 3.63) is 0 Å². The molecular formula is C19H45NO7Si4. The molecule has 0 aliphatic heterocycles. The lowest BCUT2D eigenvalue weighted by Crippen LogP contribution is -2.57. The van der Waals surface area contributed by atoms with Crippen molar-refractivity contribution < 1.29 is 31.7 Å². The van der Waals surface area contributed by atoms with Gasteiger partial charge >= 0.3 is 14.8 Å². The van der Waals surface area contributed by atoms with Gasteiger partial charge in [-0.25, -0.2) is 0 Å². The summed E-state index contributed by atoms with van der Waals surface area (Å²) in [5.74, 6) is -0.669. The fourth-order valence-electron chi connectivity index (χ4n) is 3.21. The molecule has 0 rings (SSSR count). The second-order valence-corrected chi connectivity index (χ2v) is 27.5. The predicted octanol–water partition coefficient (Wildman–Crippen LogP) is 3.91. The maximum atomic E-state index is 13.2. The summed E-state index contributed by atoms with van der Waals surface area (Å²) in [5.41, 5.74) is 0. The summed E-state index contributed by atoms with van der Waals surface area (Å²) in [6.45, 7) is 18.9. The number of rotatable bonds is 14. The summed E-state index contributed by atoms with van der Waals surface area (Å²) in [7, 11) is -4.11. The third-order valence-electron chi connectivity index (χ3n) is 4.51. The third kappa shape index (κ3) is 11.9. The minimum Gasteiger partial charge on any atom is -0.520 e. The zero-order valence-electron chi connectivity index (χ0n) is 21.7. The summed E-state index contributed by atoms with van der Waals surface area (Å²) in [5, 5.41) is 0. The Morgan fingerprint density at radius 3 is 1.58 bits per heavy atom. The summed E-state index contributed by atoms with van der Waals surface area (Å²) >= 11 is 0. The number of carbonyl (C=O) groups is 2. The van der Waals surface area contributed by atoms with Crippen LogP contribution >= 0.6 is 0 Å². The van der Waals surface area contributed by atoms with Gasteiger partial charge in [-0.2, -0.15) is 0 Å². The maximum Gasteiger partial charge on any atom is 0.500 e. The Hall–Kier alpha value is -0.352. The van der Waals surface area contributed by atoms with E-state index in [0.717, 1.165) is 0 Å². The summed E-state index contributed by atoms with van der Waals surface area (Å²) in [4.78, 5) is 25.9. The standard InChI is InChI=1S/C19H45NO7Si4/c1-23-31(24-2,25-3)15-13-14-20(28(4,5)6)17(19(22)27-30(10,11)12)16-18(21)26-29(7,8)9/h17H,13-16H2,1-12H3. The van der Waals surface area contributed by atoms with Crippen LogP contribution in [0.5, 0.6) is 0 Å². The van der Waals surface area contributed by atoms with E-state index in [1.165, 1.54) is 0 Å². The van der Waals surface area contributed by atoms with Crippen molar-refractivity contribution in [1.29, 1.82) is 0 Å². The van der Waals surface area contributed by atoms with E-state index in [2.05, 4.69) is 24.2 Å². The number of carbonyl (C=O) groups excluding carboxylic acids is 2. The van der Waals surface area contributed by atoms with Gasteiger partial charge in [0.25, 0.3) is 5.97 Å². The molecule has 12 heteroatoms. The summed E-state index contributed by atoms with van der Waals surface area (Å²) < 4.78 is 30.3. The van der Waals surface area contributed by atoms with Gasteiger partial charge in [-0.3, -0.25) is 9.59 Å². The van der Waals surface area contributed by atoms with E-state index in [4.69, 9.17) is 22.1 Å². The predicted molar refractivity (Wildman–Crippen MR) is 134 cm³/mol. The van der Waals surface area contributed by atoms with Crippen molar-refractivity contribution in [2.24, 2.45) is 0 Å². The molecule has 0 fully saturated rings. The van der Waals surface area contributed by atoms with Gasteiger partial charge in [0.2, 0.25) is 16.6 Å². The molecule has 1 unspecified atom stereocenters. The molecule has 0 aromatic rings. The van der Waals surface area contributed by atoms with Crippen LogP contribution in [0.1, 0.15) is 12.8 Å². The molecule has 184 valence electrons. The van der Waals surface area contributed by atoms with Crippen LogP contribution in [0.15, 0.2) is 0 Å². The monoisotopic (exact) mass is 511 g/mol. The third-order valence-corrected chi connectivity index (χ3v) is 11.3. The average Bonchev–Trinajstić information content (AvgIpc) is 2.57. The van der Waals surface area contributed by atoms with E-state index in [0.29, 0.717) is 19.0 Å². The zero-order valence-corrected chi connectivity index (χ0v) is 25.7. The highest BCUT2D eigenvalue weighted by Gasteiger charge is 2.41. The van der Waals surface area contributed by atoms with Crippen molar-refractivity contribution in [2.75, 3.05) is 27.9 Å². The number of hydrogen-bond donors (Lipinski definition) is 0. The van der Waals surface area contributed by atoms with Gasteiger partial charge in [0.1, 0.15) is 14.3 Å². The topological polar surface area (TPSA) is 83.5 Å². The van der Waals surface area contributed by atoms with Gasteiger partial charge in [0.15, 0.2) is 0 Å². The molecule has 0 heterocycles. The Morgan fingerprint density at radius 2 is 1.23 bits per heavy atom. The first-order valence-corrected chi connectivity index (χ1v) is 23.0. The van der Waals surface area contributed by atoms with Crippen LogP contribution in [0.2, 0.25) is 65.0 Å². The minimum absolute atomic E-state index is 0.000736. The van der Waals surface area contributed by atoms with Crippen molar-refractivity contribution in [1.82, 2.24) is 4.57 Å². The highest BCUT2D eigenvalue weighted by molar-refractivity contribution is 6.74. The molecule has 0 amide bonds. The number of nitrogens with zero attached hydrogens (tertiary/aromatic N) is 1. The normalized spacial score (nSPS) is 14.5. The van der Waals surface area contributed by atoms with Crippen molar-refractivity contribution >= 4 is 45.6 Å². The molecule has 1 atom stereocenters. The Bertz CT molecular complexity index is 573. The molecule has 0 aromatic carbocycles. The van der Waals surface area contributed by atoms with Gasteiger partial charge in [-0.1, -0.05) is 19.6 Å². The Balaban J connectivity index is 5.75. The summed E-state index contributed by atoms with van der Waals surface area (Å²) in [6, 6.07) is -0.0435. The molecule has 0 spiro atoms. The second-order valence-electron chi connectivity index (χ2n) is 10.6. The van der Waals surface area contributed by atoms with Crippen LogP contribution in [0.25, 0.3) is 0 Å². The molecule has 31 heavy (non-hydrogen) atoms. The van der Waals surface area contributed by atoms with Gasteiger partial charge in [-0.05, 0) is 52.2 Å². The lowest BCUT2D eigenvalue weighted by molar-refractivity contribution is -0.146. The number of hydrogen-bond acceptors (Lipinski definition) is 8. The van der Waals surface area contributed by atoms with Gasteiger partial charge in [-0.15, -0.1) is 0 Å². The minimum atomic E-state index is -2.71. The first-order valence-electron chi connectivity index (χ1n) is 10.8. The highest BCUT2D eigenvalue weighted by atomic mass is 28.4. The first-order chi connectivity index (χ1) is 13.9. The van der Waals surface area contributed by atoms with Crippen molar-refractivity contribution in [3.63, 3.8) is 0 Å². The van der Waals surface area contributed by atoms with Crippen LogP contribution < -0.4 is 0 Å². The molecule has 8 nitrogen and oxygen atoms in total. The largest absolute Gasteiger partial charge is 0.520 e. The fourth-order valence-corrected chi connectivity index (χ4v) is 8.38. The zero-order chi connectivity index (χ0) is 24.7. The smallest absolute Gasteiger partial charge is 0.500 e. The van der Waals surface area contributed by atoms with E-state index in [1.807, 2.05) is 39.3 Å². The molecule has 0 aliphatic rings. The van der Waals surface area contributed by atoms with Crippen LogP contribution in [0.3, 0.4) is 0 Å². The van der Waals surface area contributed by atoms with Gasteiger partial charge in [0, 0.05) is 27.4 Å². The average molecular weight is 512 g/mol. The molecular weight excluding hydrogens is 467 g/mol. The first kappa shape index (κ1) is 30.6. The highest BCUT2D eigenvalue weighted by Crippen LogP contribution is 2.23. The lowest BCUT2D eigenvalue weighted by Gasteiger charge is -2.40. The molecule has 0 saturated heterocycles. The maximum absolute atomic E-state index is 13.2. The van der Waals surface area contributed by atoms with Crippen LogP contribution in [-0.2, 0) is 31.7 Å². The Kier molecular flexibility index (Phi) is 12.1. The molecule has 0 N–H and O–H groups in total. The van der Waals surface area contributed by atoms with Crippen LogP contribution in [0.4, 0.5) is 0 Å². The van der Waals surface area contributed by atoms with Gasteiger partial charge < -0.3 is 26.7 Å². The van der Waals surface area contributed by atoms with E-state index < -0.39 is 39.7 Å². The van der Waals surface area contributed by atoms with Gasteiger partial charge in [0.05, 0.1) is 6.42 Å². The fraction of sp³-hybridized carbons (Fsp3) is 0.895.